The average molecular weight is 406 g/mol. The van der Waals surface area contributed by atoms with Gasteiger partial charge >= 0.3 is 5.97 Å². The van der Waals surface area contributed by atoms with Crippen LogP contribution in [0.25, 0.3) is 0 Å². The minimum atomic E-state index is -1.02. The van der Waals surface area contributed by atoms with Gasteiger partial charge in [-0.15, -0.1) is 0 Å². The van der Waals surface area contributed by atoms with Crippen molar-refractivity contribution in [2.45, 2.75) is 25.2 Å². The lowest BCUT2D eigenvalue weighted by molar-refractivity contribution is -0.132. The number of amides is 1. The van der Waals surface area contributed by atoms with E-state index in [1.54, 1.807) is 11.0 Å². The summed E-state index contributed by atoms with van der Waals surface area (Å²) in [4.78, 5) is 26.4. The smallest absolute Gasteiger partial charge is 0.336 e. The molecule has 1 aromatic rings. The molecule has 0 radical (unpaired) electrons. The van der Waals surface area contributed by atoms with Crippen molar-refractivity contribution < 1.29 is 14.7 Å². The zero-order valence-electron chi connectivity index (χ0n) is 15.8. The zero-order valence-corrected chi connectivity index (χ0v) is 16.5. The van der Waals surface area contributed by atoms with Crippen molar-refractivity contribution in [1.29, 1.82) is 0 Å². The third-order valence-corrected chi connectivity index (χ3v) is 5.58. The van der Waals surface area contributed by atoms with Crippen LogP contribution in [0, 0.1) is 5.92 Å². The molecule has 3 aliphatic rings. The number of halogens is 1. The highest BCUT2D eigenvalue weighted by molar-refractivity contribution is 6.30. The molecule has 1 amide bonds. The maximum absolute atomic E-state index is 13.4. The van der Waals surface area contributed by atoms with Gasteiger partial charge in [0.25, 0.3) is 0 Å². The number of carboxylic acid groups (broad SMARTS) is 1. The lowest BCUT2D eigenvalue weighted by atomic mass is 10.1. The topological polar surface area (TPSA) is 57.6 Å². The molecule has 146 valence electrons. The van der Waals surface area contributed by atoms with Crippen LogP contribution in [-0.4, -0.2) is 28.4 Å². The number of carboxylic acids is 1. The Morgan fingerprint density at radius 2 is 2.00 bits per heavy atom. The first-order valence-electron chi connectivity index (χ1n) is 9.62. The van der Waals surface area contributed by atoms with Crippen molar-refractivity contribution in [3.05, 3.63) is 93.5 Å². The van der Waals surface area contributed by atoms with Crippen molar-refractivity contribution in [2.75, 3.05) is 6.54 Å². The van der Waals surface area contributed by atoms with Crippen LogP contribution in [0.3, 0.4) is 0 Å². The van der Waals surface area contributed by atoms with E-state index in [1.165, 1.54) is 6.08 Å². The molecule has 1 saturated carbocycles. The number of nitrogens with zero attached hydrogens (tertiary/aromatic N) is 1. The van der Waals surface area contributed by atoms with Gasteiger partial charge in [0, 0.05) is 28.3 Å². The molecule has 0 aliphatic heterocycles. The summed E-state index contributed by atoms with van der Waals surface area (Å²) in [6.45, 7) is 0.274. The average Bonchev–Trinajstić information content (AvgIpc) is 3.54. The van der Waals surface area contributed by atoms with E-state index in [4.69, 9.17) is 11.6 Å². The van der Waals surface area contributed by atoms with E-state index in [9.17, 15) is 14.7 Å². The van der Waals surface area contributed by atoms with E-state index in [2.05, 4.69) is 23.6 Å². The molecule has 0 aromatic heterocycles. The molecule has 0 saturated heterocycles. The third-order valence-electron chi connectivity index (χ3n) is 5.32. The summed E-state index contributed by atoms with van der Waals surface area (Å²) in [6, 6.07) is 7.65. The predicted molar refractivity (Wildman–Crippen MR) is 111 cm³/mol. The Kier molecular flexibility index (Phi) is 5.42. The molecule has 0 heterocycles. The Hall–Kier alpha value is -3.03. The van der Waals surface area contributed by atoms with Crippen LogP contribution < -0.4 is 0 Å². The Morgan fingerprint density at radius 1 is 1.21 bits per heavy atom. The Balaban J connectivity index is 1.56. The molecular formula is C24H20ClNO3. The molecule has 1 fully saturated rings. The van der Waals surface area contributed by atoms with Crippen molar-refractivity contribution in [3.8, 4) is 0 Å². The van der Waals surface area contributed by atoms with Crippen molar-refractivity contribution in [1.82, 2.24) is 4.90 Å². The predicted octanol–water partition coefficient (Wildman–Crippen LogP) is 4.77. The monoisotopic (exact) mass is 405 g/mol. The summed E-state index contributed by atoms with van der Waals surface area (Å²) in [5.74, 6) is -0.858. The van der Waals surface area contributed by atoms with Gasteiger partial charge < -0.3 is 10.0 Å². The number of carbonyl (C=O) groups is 2. The second kappa shape index (κ2) is 8.14. The minimum Gasteiger partial charge on any atom is -0.478 e. The summed E-state index contributed by atoms with van der Waals surface area (Å²) >= 11 is 5.97. The maximum Gasteiger partial charge on any atom is 0.336 e. The number of carbonyl (C=O) groups excluding carboxylic acids is 1. The normalized spacial score (nSPS) is 21.9. The van der Waals surface area contributed by atoms with Crippen molar-refractivity contribution in [2.24, 2.45) is 5.92 Å². The molecule has 0 spiro atoms. The molecule has 2 atom stereocenters. The van der Waals surface area contributed by atoms with Gasteiger partial charge in [0.1, 0.15) is 0 Å². The van der Waals surface area contributed by atoms with Crippen molar-refractivity contribution >= 4 is 23.5 Å². The van der Waals surface area contributed by atoms with Crippen LogP contribution >= 0.6 is 11.6 Å². The van der Waals surface area contributed by atoms with Gasteiger partial charge in [-0.3, -0.25) is 4.79 Å². The van der Waals surface area contributed by atoms with Crippen LogP contribution in [0.1, 0.15) is 30.7 Å². The van der Waals surface area contributed by atoms with E-state index in [0.29, 0.717) is 10.6 Å². The molecule has 4 rings (SSSR count). The van der Waals surface area contributed by atoms with E-state index < -0.39 is 5.97 Å². The molecule has 29 heavy (non-hydrogen) atoms. The fraction of sp³-hybridized carbons (Fsp3) is 0.250. The van der Waals surface area contributed by atoms with Gasteiger partial charge in [-0.05, 0) is 55.0 Å². The second-order valence-corrected chi connectivity index (χ2v) is 7.81. The number of aliphatic carboxylic acids is 1. The number of allylic oxidation sites excluding steroid dienone is 3. The first-order chi connectivity index (χ1) is 14.0. The highest BCUT2D eigenvalue weighted by Crippen LogP contribution is 2.49. The molecule has 5 heteroatoms. The second-order valence-electron chi connectivity index (χ2n) is 7.38. The van der Waals surface area contributed by atoms with E-state index in [1.807, 2.05) is 30.3 Å². The van der Waals surface area contributed by atoms with E-state index >= 15 is 0 Å². The molecule has 4 nitrogen and oxygen atoms in total. The molecule has 2 unspecified atom stereocenters. The number of benzene rings is 1. The van der Waals surface area contributed by atoms with Gasteiger partial charge in [0.15, 0.2) is 0 Å². The highest BCUT2D eigenvalue weighted by Gasteiger charge is 2.46. The quantitative estimate of drug-likeness (QED) is 0.694. The maximum atomic E-state index is 13.4. The van der Waals surface area contributed by atoms with Gasteiger partial charge in [0.2, 0.25) is 5.91 Å². The summed E-state index contributed by atoms with van der Waals surface area (Å²) in [6.07, 6.45) is 11.7. The lowest BCUT2D eigenvalue weighted by Crippen LogP contribution is -2.33. The number of hydrogen-bond acceptors (Lipinski definition) is 2. The summed E-state index contributed by atoms with van der Waals surface area (Å²) in [5.41, 5.74) is 8.45. The molecular weight excluding hydrogens is 386 g/mol. The number of rotatable bonds is 6. The minimum absolute atomic E-state index is 0.0527. The van der Waals surface area contributed by atoms with Crippen LogP contribution in [0.4, 0.5) is 0 Å². The van der Waals surface area contributed by atoms with Gasteiger partial charge in [-0.2, -0.15) is 0 Å². The van der Waals surface area contributed by atoms with Crippen LogP contribution in [-0.2, 0) is 9.59 Å². The van der Waals surface area contributed by atoms with Crippen LogP contribution in [0.15, 0.2) is 83.0 Å². The Morgan fingerprint density at radius 3 is 2.69 bits per heavy atom. The third kappa shape index (κ3) is 4.36. The van der Waals surface area contributed by atoms with Crippen LogP contribution in [0.2, 0.25) is 5.02 Å². The first kappa shape index (κ1) is 19.3. The summed E-state index contributed by atoms with van der Waals surface area (Å²) in [5, 5.41) is 9.92. The fourth-order valence-electron chi connectivity index (χ4n) is 3.69. The lowest BCUT2D eigenvalue weighted by Gasteiger charge is -2.26. The Bertz CT molecular complexity index is 1050. The van der Waals surface area contributed by atoms with E-state index in [-0.39, 0.29) is 29.9 Å². The molecule has 1 aromatic carbocycles. The molecule has 1 N–H and O–H groups in total. The molecule has 0 bridgehead atoms. The Labute approximate surface area is 174 Å². The fourth-order valence-corrected chi connectivity index (χ4v) is 3.82. The van der Waals surface area contributed by atoms with Gasteiger partial charge in [-0.25, -0.2) is 4.79 Å². The summed E-state index contributed by atoms with van der Waals surface area (Å²) in [7, 11) is 0. The molecule has 3 aliphatic carbocycles. The standard InChI is InChI=1S/C24H20ClNO3/c25-19-11-9-17(10-12-19)21-14-22(21)23(27)26(20-7-2-1-3-8-20)15-16-5-4-6-18(13-16)24(28)29/h2,6-13,21-22H,1,3,14-15H2,(H,28,29). The van der Waals surface area contributed by atoms with Crippen molar-refractivity contribution in [3.63, 3.8) is 0 Å². The van der Waals surface area contributed by atoms with Gasteiger partial charge in [0.05, 0.1) is 12.1 Å². The van der Waals surface area contributed by atoms with Crippen LogP contribution in [0.5, 0.6) is 0 Å². The van der Waals surface area contributed by atoms with E-state index in [0.717, 1.165) is 30.5 Å². The zero-order chi connectivity index (χ0) is 20.4. The first-order valence-corrected chi connectivity index (χ1v) is 10.00. The largest absolute Gasteiger partial charge is 0.478 e. The van der Waals surface area contributed by atoms with Gasteiger partial charge in [-0.1, -0.05) is 47.3 Å². The highest BCUT2D eigenvalue weighted by atomic mass is 35.5. The number of hydrogen-bond donors (Lipinski definition) is 1. The summed E-state index contributed by atoms with van der Waals surface area (Å²) < 4.78 is 0. The SMILES string of the molecule is O=C(O)C1=CC(CN(C(=O)C2CC2c2ccc(Cl)cc2)C2=CCCC=C2)=C=C=C1.